The van der Waals surface area contributed by atoms with Gasteiger partial charge in [0.2, 0.25) is 0 Å². The zero-order valence-corrected chi connectivity index (χ0v) is 9.32. The molecule has 0 fully saturated rings. The SMILES string of the molecule is COC(=O)[C@](O)(CBr)c1ccccc1. The molecule has 0 heterocycles. The van der Waals surface area contributed by atoms with E-state index in [1.54, 1.807) is 24.3 Å². The maximum absolute atomic E-state index is 11.4. The number of methoxy groups -OCH3 is 1. The second-order valence-corrected chi connectivity index (χ2v) is 3.41. The van der Waals surface area contributed by atoms with Crippen molar-refractivity contribution in [3.63, 3.8) is 0 Å². The van der Waals surface area contributed by atoms with Crippen LogP contribution in [0.1, 0.15) is 5.56 Å². The zero-order valence-electron chi connectivity index (χ0n) is 7.74. The van der Waals surface area contributed by atoms with Crippen molar-refractivity contribution >= 4 is 21.9 Å². The second-order valence-electron chi connectivity index (χ2n) is 2.85. The Morgan fingerprint density at radius 2 is 2.07 bits per heavy atom. The molecule has 0 saturated heterocycles. The van der Waals surface area contributed by atoms with Crippen LogP contribution in [-0.4, -0.2) is 23.5 Å². The minimum Gasteiger partial charge on any atom is -0.467 e. The van der Waals surface area contributed by atoms with E-state index >= 15 is 0 Å². The van der Waals surface area contributed by atoms with Gasteiger partial charge in [0.15, 0.2) is 5.60 Å². The molecule has 3 nitrogen and oxygen atoms in total. The van der Waals surface area contributed by atoms with Gasteiger partial charge in [-0.1, -0.05) is 46.3 Å². The molecule has 1 aromatic carbocycles. The van der Waals surface area contributed by atoms with Gasteiger partial charge in [0.25, 0.3) is 0 Å². The lowest BCUT2D eigenvalue weighted by atomic mass is 9.96. The normalized spacial score (nSPS) is 14.5. The number of esters is 1. The van der Waals surface area contributed by atoms with Gasteiger partial charge < -0.3 is 9.84 Å². The van der Waals surface area contributed by atoms with Crippen LogP contribution in [0.15, 0.2) is 30.3 Å². The lowest BCUT2D eigenvalue weighted by Crippen LogP contribution is -2.38. The molecule has 0 aliphatic carbocycles. The van der Waals surface area contributed by atoms with E-state index in [0.29, 0.717) is 5.56 Å². The fraction of sp³-hybridized carbons (Fsp3) is 0.300. The molecule has 4 heteroatoms. The number of carbonyl (C=O) groups is 1. The van der Waals surface area contributed by atoms with Gasteiger partial charge in [0.05, 0.1) is 7.11 Å². The van der Waals surface area contributed by atoms with Gasteiger partial charge in [-0.2, -0.15) is 0 Å². The summed E-state index contributed by atoms with van der Waals surface area (Å²) >= 11 is 3.10. The van der Waals surface area contributed by atoms with E-state index in [1.807, 2.05) is 6.07 Å². The fourth-order valence-corrected chi connectivity index (χ4v) is 1.68. The highest BCUT2D eigenvalue weighted by Gasteiger charge is 2.37. The maximum Gasteiger partial charge on any atom is 0.343 e. The molecule has 1 atom stereocenters. The fourth-order valence-electron chi connectivity index (χ4n) is 1.13. The first-order chi connectivity index (χ1) is 6.65. The van der Waals surface area contributed by atoms with Crippen molar-refractivity contribution in [2.45, 2.75) is 5.60 Å². The van der Waals surface area contributed by atoms with Crippen molar-refractivity contribution in [2.24, 2.45) is 0 Å². The van der Waals surface area contributed by atoms with E-state index in [4.69, 9.17) is 0 Å². The van der Waals surface area contributed by atoms with Crippen LogP contribution in [0.25, 0.3) is 0 Å². The number of hydrogen-bond acceptors (Lipinski definition) is 3. The van der Waals surface area contributed by atoms with Gasteiger partial charge in [-0.25, -0.2) is 4.79 Å². The molecule has 1 rings (SSSR count). The Morgan fingerprint density at radius 1 is 1.50 bits per heavy atom. The number of ether oxygens (including phenoxy) is 1. The lowest BCUT2D eigenvalue weighted by Gasteiger charge is -2.22. The molecular weight excluding hydrogens is 248 g/mol. The highest BCUT2D eigenvalue weighted by Crippen LogP contribution is 2.24. The molecule has 14 heavy (non-hydrogen) atoms. The molecule has 76 valence electrons. The summed E-state index contributed by atoms with van der Waals surface area (Å²) in [6, 6.07) is 8.68. The number of carbonyl (C=O) groups excluding carboxylic acids is 1. The molecule has 0 unspecified atom stereocenters. The summed E-state index contributed by atoms with van der Waals surface area (Å²) in [4.78, 5) is 11.4. The van der Waals surface area contributed by atoms with E-state index in [1.165, 1.54) is 7.11 Å². The summed E-state index contributed by atoms with van der Waals surface area (Å²) in [6.07, 6.45) is 0. The van der Waals surface area contributed by atoms with Crippen LogP contribution in [0.2, 0.25) is 0 Å². The smallest absolute Gasteiger partial charge is 0.343 e. The highest BCUT2D eigenvalue weighted by atomic mass is 79.9. The number of rotatable bonds is 3. The van der Waals surface area contributed by atoms with Crippen molar-refractivity contribution in [1.29, 1.82) is 0 Å². The van der Waals surface area contributed by atoms with Crippen LogP contribution >= 0.6 is 15.9 Å². The first-order valence-corrected chi connectivity index (χ1v) is 5.19. The van der Waals surface area contributed by atoms with Crippen LogP contribution < -0.4 is 0 Å². The molecule has 0 spiro atoms. The molecule has 1 aromatic rings. The van der Waals surface area contributed by atoms with E-state index < -0.39 is 11.6 Å². The summed E-state index contributed by atoms with van der Waals surface area (Å²) in [5.74, 6) is -0.666. The predicted molar refractivity (Wildman–Crippen MR) is 56.1 cm³/mol. The molecule has 0 aromatic heterocycles. The lowest BCUT2D eigenvalue weighted by molar-refractivity contribution is -0.160. The van der Waals surface area contributed by atoms with E-state index in [-0.39, 0.29) is 5.33 Å². The van der Waals surface area contributed by atoms with Gasteiger partial charge in [-0.3, -0.25) is 0 Å². The van der Waals surface area contributed by atoms with Crippen molar-refractivity contribution in [2.75, 3.05) is 12.4 Å². The Balaban J connectivity index is 3.08. The van der Waals surface area contributed by atoms with Crippen LogP contribution in [0.4, 0.5) is 0 Å². The Kier molecular flexibility index (Phi) is 3.66. The van der Waals surface area contributed by atoms with Crippen LogP contribution in [-0.2, 0) is 15.1 Å². The van der Waals surface area contributed by atoms with E-state index in [9.17, 15) is 9.90 Å². The second kappa shape index (κ2) is 4.57. The molecule has 0 saturated carbocycles. The third-order valence-corrected chi connectivity index (χ3v) is 2.78. The van der Waals surface area contributed by atoms with Gasteiger partial charge in [-0.15, -0.1) is 0 Å². The van der Waals surface area contributed by atoms with Crippen molar-refractivity contribution in [3.8, 4) is 0 Å². The quantitative estimate of drug-likeness (QED) is 0.660. The van der Waals surface area contributed by atoms with Crippen LogP contribution in [0.5, 0.6) is 0 Å². The van der Waals surface area contributed by atoms with Gasteiger partial charge in [0, 0.05) is 5.33 Å². The summed E-state index contributed by atoms with van der Waals surface area (Å²) in [6.45, 7) is 0. The molecule has 0 aliphatic heterocycles. The zero-order chi connectivity index (χ0) is 10.6. The first kappa shape index (κ1) is 11.2. The Labute approximate surface area is 90.8 Å². The van der Waals surface area contributed by atoms with E-state index in [2.05, 4.69) is 20.7 Å². The molecule has 0 radical (unpaired) electrons. The molecule has 0 bridgehead atoms. The average molecular weight is 259 g/mol. The summed E-state index contributed by atoms with van der Waals surface area (Å²) in [5, 5.41) is 10.1. The van der Waals surface area contributed by atoms with Crippen LogP contribution in [0.3, 0.4) is 0 Å². The van der Waals surface area contributed by atoms with Crippen molar-refractivity contribution in [1.82, 2.24) is 0 Å². The molecule has 1 N–H and O–H groups in total. The Bertz CT molecular complexity index is 312. The minimum atomic E-state index is -1.60. The molecular formula is C10H11BrO3. The Morgan fingerprint density at radius 3 is 2.50 bits per heavy atom. The van der Waals surface area contributed by atoms with E-state index in [0.717, 1.165) is 0 Å². The number of aliphatic hydroxyl groups is 1. The number of hydrogen-bond donors (Lipinski definition) is 1. The average Bonchev–Trinajstić information content (AvgIpc) is 2.28. The van der Waals surface area contributed by atoms with Crippen molar-refractivity contribution < 1.29 is 14.6 Å². The first-order valence-electron chi connectivity index (χ1n) is 4.07. The van der Waals surface area contributed by atoms with Crippen molar-refractivity contribution in [3.05, 3.63) is 35.9 Å². The third kappa shape index (κ3) is 1.96. The largest absolute Gasteiger partial charge is 0.467 e. The number of halogens is 1. The summed E-state index contributed by atoms with van der Waals surface area (Å²) < 4.78 is 4.54. The molecule has 0 amide bonds. The third-order valence-electron chi connectivity index (χ3n) is 1.97. The number of alkyl halides is 1. The standard InChI is InChI=1S/C10H11BrO3/c1-14-9(12)10(13,7-11)8-5-3-2-4-6-8/h2-6,13H,7H2,1H3/t10-/m0/s1. The topological polar surface area (TPSA) is 46.5 Å². The predicted octanol–water partition coefficient (Wildman–Crippen LogP) is 1.44. The maximum atomic E-state index is 11.4. The minimum absolute atomic E-state index is 0.108. The van der Waals surface area contributed by atoms with Crippen LogP contribution in [0, 0.1) is 0 Å². The molecule has 0 aliphatic rings. The summed E-state index contributed by atoms with van der Waals surface area (Å²) in [5.41, 5.74) is -1.08. The summed E-state index contributed by atoms with van der Waals surface area (Å²) in [7, 11) is 1.25. The van der Waals surface area contributed by atoms with Gasteiger partial charge in [0.1, 0.15) is 0 Å². The highest BCUT2D eigenvalue weighted by molar-refractivity contribution is 9.09. The van der Waals surface area contributed by atoms with Gasteiger partial charge >= 0.3 is 5.97 Å². The Hall–Kier alpha value is -0.870. The number of benzene rings is 1. The van der Waals surface area contributed by atoms with Gasteiger partial charge in [-0.05, 0) is 5.56 Å². The monoisotopic (exact) mass is 258 g/mol.